The molecular weight excluding hydrogens is 728 g/mol. The Labute approximate surface area is 379 Å². The van der Waals surface area contributed by atoms with E-state index in [4.69, 9.17) is 0 Å². The first-order valence-electron chi connectivity index (χ1n) is 29.1. The maximum Gasteiger partial charge on any atom is -0.0353 e. The molecule has 0 aromatic carbocycles. The normalized spacial score (nSPS) is 11.7. The molecule has 0 aliphatic heterocycles. The third kappa shape index (κ3) is 58.4. The molecule has 0 nitrogen and oxygen atoms in total. The fraction of sp³-hybridized carbons (Fsp3) is 1.00. The molecule has 0 aromatic rings. The molecule has 0 N–H and O–H groups in total. The van der Waals surface area contributed by atoms with Gasteiger partial charge in [-0.3, -0.25) is 0 Å². The molecule has 0 aliphatic carbocycles. The minimum Gasteiger partial charge on any atom is -0.122 e. The van der Waals surface area contributed by atoms with Crippen molar-refractivity contribution in [2.45, 2.75) is 361 Å². The largest absolute Gasteiger partial charge is 0.122 e. The van der Waals surface area contributed by atoms with E-state index in [9.17, 15) is 0 Å². The molecule has 0 saturated carbocycles. The zero-order chi connectivity index (χ0) is 42.3. The first-order valence-corrected chi connectivity index (χ1v) is 30.5. The summed E-state index contributed by atoms with van der Waals surface area (Å²) >= 11 is 0. The Morgan fingerprint density at radius 2 is 0.237 bits per heavy atom. The van der Waals surface area contributed by atoms with E-state index in [1.807, 2.05) is 0 Å². The monoisotopic (exact) mass is 847 g/mol. The summed E-state index contributed by atoms with van der Waals surface area (Å²) in [5.41, 5.74) is 0. The average Bonchev–Trinajstić information content (AvgIpc) is 3.25. The first-order chi connectivity index (χ1) is 29.4. The quantitative estimate of drug-likeness (QED) is 0.0423. The molecule has 0 rings (SSSR count). The standard InChI is InChI=1S/C58H119P/c1-3-5-7-9-11-13-15-17-19-21-23-25-27-29-31-33-35-37-39-41-43-45-47-49-51-53-55-57-59-58-56-54-52-50-48-46-44-42-40-38-36-34-32-30-28-26-24-22-20-18-16-14-12-10-8-6-4-2/h59H,3-58H2,1-2H3. The first kappa shape index (κ1) is 59.4. The van der Waals surface area contributed by atoms with Gasteiger partial charge in [0, 0.05) is 0 Å². The Balaban J connectivity index is 3.06. The van der Waals surface area contributed by atoms with Gasteiger partial charge in [-0.15, -0.1) is 8.58 Å². The Morgan fingerprint density at radius 1 is 0.136 bits per heavy atom. The summed E-state index contributed by atoms with van der Waals surface area (Å²) in [5, 5.41) is 0. The lowest BCUT2D eigenvalue weighted by molar-refractivity contribution is 0.515. The van der Waals surface area contributed by atoms with E-state index in [0.717, 1.165) is 0 Å². The molecular formula is C58H119P. The van der Waals surface area contributed by atoms with Crippen molar-refractivity contribution in [2.24, 2.45) is 0 Å². The van der Waals surface area contributed by atoms with Crippen molar-refractivity contribution in [3.8, 4) is 0 Å². The smallest absolute Gasteiger partial charge is 0.0353 e. The Bertz CT molecular complexity index is 616. The van der Waals surface area contributed by atoms with E-state index in [-0.39, 0.29) is 0 Å². The minimum absolute atomic E-state index is 1.25. The van der Waals surface area contributed by atoms with Crippen molar-refractivity contribution < 1.29 is 0 Å². The highest BCUT2D eigenvalue weighted by Crippen LogP contribution is 2.21. The average molecular weight is 848 g/mol. The molecule has 0 heterocycles. The second-order valence-electron chi connectivity index (χ2n) is 20.1. The van der Waals surface area contributed by atoms with Crippen LogP contribution in [0.4, 0.5) is 0 Å². The van der Waals surface area contributed by atoms with Gasteiger partial charge in [-0.2, -0.15) is 0 Å². The molecule has 356 valence electrons. The lowest BCUT2D eigenvalue weighted by Crippen LogP contribution is -1.86. The molecule has 0 atom stereocenters. The topological polar surface area (TPSA) is 0 Å². The minimum atomic E-state index is 1.25. The van der Waals surface area contributed by atoms with Crippen molar-refractivity contribution in [1.29, 1.82) is 0 Å². The predicted molar refractivity (Wildman–Crippen MR) is 279 cm³/mol. The summed E-state index contributed by atoms with van der Waals surface area (Å²) < 4.78 is 0. The molecule has 1 heteroatoms. The van der Waals surface area contributed by atoms with Gasteiger partial charge in [0.25, 0.3) is 0 Å². The van der Waals surface area contributed by atoms with Gasteiger partial charge in [-0.1, -0.05) is 348 Å². The van der Waals surface area contributed by atoms with Crippen LogP contribution in [0.25, 0.3) is 0 Å². The van der Waals surface area contributed by atoms with Gasteiger partial charge in [-0.25, -0.2) is 0 Å². The van der Waals surface area contributed by atoms with Gasteiger partial charge in [0.15, 0.2) is 0 Å². The summed E-state index contributed by atoms with van der Waals surface area (Å²) in [6.45, 7) is 4.63. The van der Waals surface area contributed by atoms with Crippen molar-refractivity contribution in [3.05, 3.63) is 0 Å². The van der Waals surface area contributed by atoms with Crippen LogP contribution in [0.2, 0.25) is 0 Å². The highest BCUT2D eigenvalue weighted by atomic mass is 31.1. The van der Waals surface area contributed by atoms with Crippen LogP contribution in [0.1, 0.15) is 361 Å². The molecule has 0 aliphatic rings. The number of rotatable bonds is 56. The molecule has 59 heavy (non-hydrogen) atoms. The van der Waals surface area contributed by atoms with Crippen molar-refractivity contribution in [3.63, 3.8) is 0 Å². The van der Waals surface area contributed by atoms with E-state index in [1.54, 1.807) is 0 Å². The molecule has 0 saturated heterocycles. The number of unbranched alkanes of at least 4 members (excludes halogenated alkanes) is 52. The van der Waals surface area contributed by atoms with Crippen LogP contribution < -0.4 is 0 Å². The predicted octanol–water partition coefficient (Wildman–Crippen LogP) is 22.8. The molecule has 0 bridgehead atoms. The fourth-order valence-electron chi connectivity index (χ4n) is 9.61. The molecule has 0 aromatic heterocycles. The Kier molecular flexibility index (Phi) is 58.9. The van der Waals surface area contributed by atoms with Crippen LogP contribution in [0.5, 0.6) is 0 Å². The second kappa shape index (κ2) is 58.4. The third-order valence-electron chi connectivity index (χ3n) is 13.9. The highest BCUT2D eigenvalue weighted by Gasteiger charge is 1.99. The zero-order valence-corrected chi connectivity index (χ0v) is 43.1. The highest BCUT2D eigenvalue weighted by molar-refractivity contribution is 7.37. The molecule has 0 fully saturated rings. The molecule has 0 radical (unpaired) electrons. The maximum absolute atomic E-state index is 2.31. The van der Waals surface area contributed by atoms with Crippen LogP contribution in [0.3, 0.4) is 0 Å². The lowest BCUT2D eigenvalue weighted by atomic mass is 10.0. The SMILES string of the molecule is CCCCCCCCCCCCCCCCCCCCCCCCCCCCCPCCCCCCCCCCCCCCCCCCCCCCCCCCCCC. The van der Waals surface area contributed by atoms with Crippen LogP contribution in [0.15, 0.2) is 0 Å². The number of hydrogen-bond acceptors (Lipinski definition) is 0. The second-order valence-corrected chi connectivity index (χ2v) is 21.6. The van der Waals surface area contributed by atoms with Crippen molar-refractivity contribution >= 4 is 8.58 Å². The van der Waals surface area contributed by atoms with Gasteiger partial charge >= 0.3 is 0 Å². The van der Waals surface area contributed by atoms with E-state index >= 15 is 0 Å². The molecule has 0 amide bonds. The van der Waals surface area contributed by atoms with Crippen LogP contribution in [0, 0.1) is 0 Å². The lowest BCUT2D eigenvalue weighted by Gasteiger charge is -2.05. The maximum atomic E-state index is 2.31. The van der Waals surface area contributed by atoms with Crippen LogP contribution in [-0.2, 0) is 0 Å². The van der Waals surface area contributed by atoms with Crippen LogP contribution >= 0.6 is 8.58 Å². The van der Waals surface area contributed by atoms with Gasteiger partial charge in [0.2, 0.25) is 0 Å². The van der Waals surface area contributed by atoms with Gasteiger partial charge in [0.1, 0.15) is 0 Å². The van der Waals surface area contributed by atoms with Gasteiger partial charge in [-0.05, 0) is 25.2 Å². The van der Waals surface area contributed by atoms with Crippen molar-refractivity contribution in [1.82, 2.24) is 0 Å². The number of hydrogen-bond donors (Lipinski definition) is 0. The van der Waals surface area contributed by atoms with Crippen molar-refractivity contribution in [2.75, 3.05) is 12.3 Å². The van der Waals surface area contributed by atoms with Gasteiger partial charge in [0.05, 0.1) is 0 Å². The summed E-state index contributed by atoms with van der Waals surface area (Å²) in [5.74, 6) is 0. The molecule has 0 unspecified atom stereocenters. The molecule has 0 spiro atoms. The van der Waals surface area contributed by atoms with E-state index in [1.165, 1.54) is 368 Å². The third-order valence-corrected chi connectivity index (χ3v) is 15.3. The summed E-state index contributed by atoms with van der Waals surface area (Å²) in [6.07, 6.45) is 83.5. The van der Waals surface area contributed by atoms with E-state index in [2.05, 4.69) is 13.8 Å². The Hall–Kier alpha value is 0.430. The fourth-order valence-corrected chi connectivity index (χ4v) is 10.9. The van der Waals surface area contributed by atoms with E-state index < -0.39 is 0 Å². The Morgan fingerprint density at radius 3 is 0.356 bits per heavy atom. The van der Waals surface area contributed by atoms with E-state index in [0.29, 0.717) is 0 Å². The summed E-state index contributed by atoms with van der Waals surface area (Å²) in [6, 6.07) is 0. The van der Waals surface area contributed by atoms with Gasteiger partial charge < -0.3 is 0 Å². The summed E-state index contributed by atoms with van der Waals surface area (Å²) in [7, 11) is 1.25. The summed E-state index contributed by atoms with van der Waals surface area (Å²) in [4.78, 5) is 0. The zero-order valence-electron chi connectivity index (χ0n) is 42.1. The van der Waals surface area contributed by atoms with Crippen LogP contribution in [-0.4, -0.2) is 12.3 Å².